The highest BCUT2D eigenvalue weighted by Crippen LogP contribution is 2.22. The van der Waals surface area contributed by atoms with Gasteiger partial charge in [-0.2, -0.15) is 0 Å². The summed E-state index contributed by atoms with van der Waals surface area (Å²) < 4.78 is 14.1. The molecule has 0 bridgehead atoms. The minimum atomic E-state index is -0.675. The zero-order chi connectivity index (χ0) is 21.2. The maximum Gasteiger partial charge on any atom is 0.242 e. The van der Waals surface area contributed by atoms with Crippen molar-refractivity contribution in [3.8, 4) is 0 Å². The summed E-state index contributed by atoms with van der Waals surface area (Å²) in [4.78, 5) is 27.7. The van der Waals surface area contributed by atoms with Crippen LogP contribution in [0.1, 0.15) is 32.3 Å². The number of thioether (sulfide) groups is 1. The number of rotatable bonds is 10. The number of hydrogen-bond acceptors (Lipinski definition) is 3. The first-order chi connectivity index (χ1) is 13.9. The molecule has 0 saturated carbocycles. The van der Waals surface area contributed by atoms with Crippen LogP contribution < -0.4 is 5.32 Å². The van der Waals surface area contributed by atoms with Crippen molar-refractivity contribution in [2.75, 3.05) is 12.3 Å². The van der Waals surface area contributed by atoms with E-state index in [2.05, 4.69) is 5.32 Å². The molecule has 0 aliphatic heterocycles. The van der Waals surface area contributed by atoms with Crippen LogP contribution in [0.15, 0.2) is 53.4 Å². The lowest BCUT2D eigenvalue weighted by molar-refractivity contribution is -0.140. The largest absolute Gasteiger partial charge is 0.355 e. The summed E-state index contributed by atoms with van der Waals surface area (Å²) >= 11 is 7.53. The minimum Gasteiger partial charge on any atom is -0.355 e. The molecule has 4 nitrogen and oxygen atoms in total. The molecule has 2 rings (SSSR count). The van der Waals surface area contributed by atoms with E-state index < -0.39 is 6.04 Å². The van der Waals surface area contributed by atoms with Gasteiger partial charge in [-0.05, 0) is 56.4 Å². The molecule has 2 amide bonds. The lowest BCUT2D eigenvalue weighted by Gasteiger charge is -2.29. The highest BCUT2D eigenvalue weighted by molar-refractivity contribution is 7.99. The summed E-state index contributed by atoms with van der Waals surface area (Å²) in [5, 5.41) is 3.42. The lowest BCUT2D eigenvalue weighted by atomic mass is 10.1. The van der Waals surface area contributed by atoms with Crippen LogP contribution in [0, 0.1) is 5.82 Å². The molecule has 1 N–H and O–H groups in total. The van der Waals surface area contributed by atoms with Crippen LogP contribution >= 0.6 is 23.4 Å². The van der Waals surface area contributed by atoms with E-state index in [4.69, 9.17) is 11.6 Å². The third-order valence-electron chi connectivity index (χ3n) is 4.43. The van der Waals surface area contributed by atoms with Crippen molar-refractivity contribution < 1.29 is 14.0 Å². The maximum absolute atomic E-state index is 14.1. The van der Waals surface area contributed by atoms with Crippen molar-refractivity contribution in [3.05, 3.63) is 64.9 Å². The molecule has 0 unspecified atom stereocenters. The van der Waals surface area contributed by atoms with Gasteiger partial charge in [-0.1, -0.05) is 29.8 Å². The molecule has 29 heavy (non-hydrogen) atoms. The van der Waals surface area contributed by atoms with Crippen molar-refractivity contribution in [1.82, 2.24) is 10.2 Å². The number of nitrogens with zero attached hydrogens (tertiary/aromatic N) is 1. The second kappa shape index (κ2) is 11.8. The summed E-state index contributed by atoms with van der Waals surface area (Å²) in [5.74, 6) is -0.0284. The smallest absolute Gasteiger partial charge is 0.242 e. The van der Waals surface area contributed by atoms with E-state index >= 15 is 0 Å². The molecule has 0 heterocycles. The first kappa shape index (κ1) is 23.2. The fourth-order valence-corrected chi connectivity index (χ4v) is 3.78. The van der Waals surface area contributed by atoms with Gasteiger partial charge in [0, 0.05) is 35.0 Å². The summed E-state index contributed by atoms with van der Waals surface area (Å²) in [6, 6.07) is 13.2. The fraction of sp³-hybridized carbons (Fsp3) is 0.364. The van der Waals surface area contributed by atoms with Gasteiger partial charge in [0.2, 0.25) is 11.8 Å². The van der Waals surface area contributed by atoms with E-state index in [0.29, 0.717) is 30.0 Å². The normalized spacial score (nSPS) is 11.7. The molecule has 2 aromatic rings. The standard InChI is InChI=1S/C22H26ClFN2O2S/c1-3-25-22(28)16(2)26(15-17-7-4-5-8-20(17)24)21(27)9-6-14-29-19-12-10-18(23)11-13-19/h4-5,7-8,10-13,16H,3,6,9,14-15H2,1-2H3,(H,25,28)/t16-/m1/s1. The zero-order valence-electron chi connectivity index (χ0n) is 16.7. The monoisotopic (exact) mass is 436 g/mol. The number of likely N-dealkylation sites (N-methyl/N-ethyl adjacent to an activating group) is 1. The van der Waals surface area contributed by atoms with Gasteiger partial charge in [0.05, 0.1) is 0 Å². The molecule has 0 aliphatic carbocycles. The Morgan fingerprint density at radius 1 is 1.17 bits per heavy atom. The highest BCUT2D eigenvalue weighted by Gasteiger charge is 2.26. The molecule has 0 spiro atoms. The van der Waals surface area contributed by atoms with Crippen LogP contribution in [0.25, 0.3) is 0 Å². The van der Waals surface area contributed by atoms with E-state index in [1.54, 1.807) is 36.9 Å². The Morgan fingerprint density at radius 2 is 1.86 bits per heavy atom. The van der Waals surface area contributed by atoms with E-state index in [1.807, 2.05) is 31.2 Å². The van der Waals surface area contributed by atoms with Gasteiger partial charge in [-0.3, -0.25) is 9.59 Å². The SMILES string of the molecule is CCNC(=O)[C@@H](C)N(Cc1ccccc1F)C(=O)CCCSc1ccc(Cl)cc1. The van der Waals surface area contributed by atoms with Crippen molar-refractivity contribution >= 4 is 35.2 Å². The lowest BCUT2D eigenvalue weighted by Crippen LogP contribution is -2.47. The molecular formula is C22H26ClFN2O2S. The molecule has 0 aliphatic rings. The third-order valence-corrected chi connectivity index (χ3v) is 5.78. The van der Waals surface area contributed by atoms with E-state index in [-0.39, 0.29) is 24.2 Å². The van der Waals surface area contributed by atoms with Gasteiger partial charge in [-0.25, -0.2) is 4.39 Å². The van der Waals surface area contributed by atoms with Crippen molar-refractivity contribution in [1.29, 1.82) is 0 Å². The first-order valence-electron chi connectivity index (χ1n) is 9.61. The number of benzene rings is 2. The number of carbonyl (C=O) groups is 2. The van der Waals surface area contributed by atoms with Crippen LogP contribution in [0.4, 0.5) is 4.39 Å². The van der Waals surface area contributed by atoms with Crippen LogP contribution in [0.5, 0.6) is 0 Å². The highest BCUT2D eigenvalue weighted by atomic mass is 35.5. The predicted molar refractivity (Wildman–Crippen MR) is 117 cm³/mol. The summed E-state index contributed by atoms with van der Waals surface area (Å²) in [5.41, 5.74) is 0.396. The fourth-order valence-electron chi connectivity index (χ4n) is 2.80. The maximum atomic E-state index is 14.1. The topological polar surface area (TPSA) is 49.4 Å². The van der Waals surface area contributed by atoms with Crippen LogP contribution in [-0.4, -0.2) is 35.1 Å². The van der Waals surface area contributed by atoms with Gasteiger partial charge in [0.15, 0.2) is 0 Å². The van der Waals surface area contributed by atoms with E-state index in [0.717, 1.165) is 10.6 Å². The summed E-state index contributed by atoms with van der Waals surface area (Å²) in [6.45, 7) is 4.03. The Morgan fingerprint density at radius 3 is 2.52 bits per heavy atom. The van der Waals surface area contributed by atoms with Crippen LogP contribution in [0.3, 0.4) is 0 Å². The number of carbonyl (C=O) groups excluding carboxylic acids is 2. The van der Waals surface area contributed by atoms with Crippen LogP contribution in [0.2, 0.25) is 5.02 Å². The first-order valence-corrected chi connectivity index (χ1v) is 11.0. The Hall–Kier alpha value is -2.05. The molecule has 2 aromatic carbocycles. The summed E-state index contributed by atoms with van der Waals surface area (Å²) in [6.07, 6.45) is 0.945. The van der Waals surface area contributed by atoms with Gasteiger partial charge >= 0.3 is 0 Å². The average molecular weight is 437 g/mol. The van der Waals surface area contributed by atoms with Gasteiger partial charge < -0.3 is 10.2 Å². The van der Waals surface area contributed by atoms with E-state index in [9.17, 15) is 14.0 Å². The molecule has 1 atom stereocenters. The minimum absolute atomic E-state index is 0.0636. The Bertz CT molecular complexity index is 817. The van der Waals surface area contributed by atoms with Crippen molar-refractivity contribution in [3.63, 3.8) is 0 Å². The van der Waals surface area contributed by atoms with Gasteiger partial charge in [0.1, 0.15) is 11.9 Å². The number of halogens is 2. The molecule has 156 valence electrons. The van der Waals surface area contributed by atoms with Gasteiger partial charge in [-0.15, -0.1) is 11.8 Å². The van der Waals surface area contributed by atoms with Crippen molar-refractivity contribution in [2.45, 2.75) is 44.2 Å². The third kappa shape index (κ3) is 7.37. The molecule has 0 aromatic heterocycles. The summed E-state index contributed by atoms with van der Waals surface area (Å²) in [7, 11) is 0. The molecule has 0 radical (unpaired) electrons. The molecule has 0 fully saturated rings. The molecular weight excluding hydrogens is 411 g/mol. The number of amides is 2. The Kier molecular flexibility index (Phi) is 9.48. The zero-order valence-corrected chi connectivity index (χ0v) is 18.2. The number of nitrogens with one attached hydrogen (secondary N) is 1. The van der Waals surface area contributed by atoms with E-state index in [1.165, 1.54) is 11.0 Å². The van der Waals surface area contributed by atoms with Crippen molar-refractivity contribution in [2.24, 2.45) is 0 Å². The second-order valence-electron chi connectivity index (χ2n) is 6.59. The molecule has 7 heteroatoms. The Balaban J connectivity index is 1.98. The molecule has 0 saturated heterocycles. The average Bonchev–Trinajstić information content (AvgIpc) is 2.71. The Labute approximate surface area is 180 Å². The quantitative estimate of drug-likeness (QED) is 0.425. The van der Waals surface area contributed by atoms with Gasteiger partial charge in [0.25, 0.3) is 0 Å². The predicted octanol–water partition coefficient (Wildman–Crippen LogP) is 4.90. The number of hydrogen-bond donors (Lipinski definition) is 1. The van der Waals surface area contributed by atoms with Crippen LogP contribution in [-0.2, 0) is 16.1 Å². The second-order valence-corrected chi connectivity index (χ2v) is 8.19.